The van der Waals surface area contributed by atoms with Gasteiger partial charge in [-0.25, -0.2) is 4.79 Å². The number of benzene rings is 1. The van der Waals surface area contributed by atoms with Gasteiger partial charge in [-0.1, -0.05) is 11.3 Å². The Balaban J connectivity index is 2.04. The molecule has 6 nitrogen and oxygen atoms in total. The Morgan fingerprint density at radius 2 is 2.00 bits per heavy atom. The summed E-state index contributed by atoms with van der Waals surface area (Å²) in [7, 11) is 0. The lowest BCUT2D eigenvalue weighted by molar-refractivity contribution is 0.0526. The molecule has 0 unspecified atom stereocenters. The van der Waals surface area contributed by atoms with Crippen LogP contribution in [0.25, 0.3) is 0 Å². The number of aromatic nitrogens is 2. The molecule has 0 fully saturated rings. The summed E-state index contributed by atoms with van der Waals surface area (Å²) in [6.45, 7) is 2.05. The van der Waals surface area contributed by atoms with Gasteiger partial charge < -0.3 is 10.1 Å². The normalized spacial score (nSPS) is 10.1. The minimum atomic E-state index is -0.404. The fraction of sp³-hybridized carbons (Fsp3) is 0.167. The first kappa shape index (κ1) is 14.4. The van der Waals surface area contributed by atoms with Gasteiger partial charge in [0.1, 0.15) is 0 Å². The van der Waals surface area contributed by atoms with Gasteiger partial charge in [0.15, 0.2) is 0 Å². The highest BCUT2D eigenvalue weighted by atomic mass is 35.5. The number of nitrogens with zero attached hydrogens (tertiary/aromatic N) is 2. The quantitative estimate of drug-likeness (QED) is 0.878. The second-order valence-corrected chi connectivity index (χ2v) is 5.17. The van der Waals surface area contributed by atoms with Crippen LogP contribution in [0.15, 0.2) is 24.3 Å². The van der Waals surface area contributed by atoms with E-state index in [4.69, 9.17) is 16.3 Å². The van der Waals surface area contributed by atoms with Crippen LogP contribution in [0.3, 0.4) is 0 Å². The standard InChI is InChI=1S/C12H10ClN3O3S/c1-2-19-11(18)7-3-5-8(6-4-7)14-9(17)10-15-16-12(13)20-10/h3-6H,2H2,1H3,(H,14,17). The molecule has 0 saturated carbocycles. The maximum absolute atomic E-state index is 11.8. The number of nitrogens with one attached hydrogen (secondary N) is 1. The van der Waals surface area contributed by atoms with E-state index in [0.29, 0.717) is 17.9 Å². The minimum Gasteiger partial charge on any atom is -0.462 e. The van der Waals surface area contributed by atoms with E-state index in [1.807, 2.05) is 0 Å². The topological polar surface area (TPSA) is 81.2 Å². The Kier molecular flexibility index (Phi) is 4.65. The molecule has 104 valence electrons. The third kappa shape index (κ3) is 3.52. The summed E-state index contributed by atoms with van der Waals surface area (Å²) in [6.07, 6.45) is 0. The largest absolute Gasteiger partial charge is 0.462 e. The number of hydrogen-bond donors (Lipinski definition) is 1. The average molecular weight is 312 g/mol. The van der Waals surface area contributed by atoms with E-state index in [-0.39, 0.29) is 9.47 Å². The maximum atomic E-state index is 11.8. The number of anilines is 1. The number of carbonyl (C=O) groups excluding carboxylic acids is 2. The molecule has 2 rings (SSSR count). The van der Waals surface area contributed by atoms with Gasteiger partial charge in [-0.15, -0.1) is 10.2 Å². The molecule has 0 aliphatic rings. The predicted octanol–water partition coefficient (Wildman–Crippen LogP) is 2.62. The highest BCUT2D eigenvalue weighted by molar-refractivity contribution is 7.17. The van der Waals surface area contributed by atoms with Crippen molar-refractivity contribution in [2.24, 2.45) is 0 Å². The van der Waals surface area contributed by atoms with Crippen molar-refractivity contribution in [1.29, 1.82) is 0 Å². The van der Waals surface area contributed by atoms with Gasteiger partial charge >= 0.3 is 5.97 Å². The lowest BCUT2D eigenvalue weighted by atomic mass is 10.2. The summed E-state index contributed by atoms with van der Waals surface area (Å²) in [5.74, 6) is -0.806. The van der Waals surface area contributed by atoms with Gasteiger partial charge in [0.25, 0.3) is 5.91 Å². The van der Waals surface area contributed by atoms with Crippen molar-refractivity contribution >= 4 is 40.5 Å². The van der Waals surface area contributed by atoms with E-state index < -0.39 is 11.9 Å². The smallest absolute Gasteiger partial charge is 0.338 e. The van der Waals surface area contributed by atoms with Crippen molar-refractivity contribution in [3.05, 3.63) is 39.3 Å². The van der Waals surface area contributed by atoms with Crippen molar-refractivity contribution < 1.29 is 14.3 Å². The second kappa shape index (κ2) is 6.44. The molecule has 1 N–H and O–H groups in total. The molecule has 1 aromatic heterocycles. The Labute approximate surface area is 123 Å². The van der Waals surface area contributed by atoms with Crippen LogP contribution in [0.5, 0.6) is 0 Å². The molecule has 0 aliphatic carbocycles. The predicted molar refractivity (Wildman–Crippen MR) is 75.3 cm³/mol. The van der Waals surface area contributed by atoms with Crippen LogP contribution in [0.2, 0.25) is 4.47 Å². The Bertz CT molecular complexity index is 627. The number of halogens is 1. The average Bonchev–Trinajstić information content (AvgIpc) is 2.86. The Hall–Kier alpha value is -1.99. The molecule has 0 aliphatic heterocycles. The maximum Gasteiger partial charge on any atom is 0.338 e. The van der Waals surface area contributed by atoms with E-state index in [1.165, 1.54) is 0 Å². The molecule has 8 heteroatoms. The molecule has 1 aromatic carbocycles. The third-order valence-corrected chi connectivity index (χ3v) is 3.27. The first-order valence-corrected chi connectivity index (χ1v) is 6.87. The van der Waals surface area contributed by atoms with E-state index >= 15 is 0 Å². The van der Waals surface area contributed by atoms with Crippen LogP contribution in [-0.2, 0) is 4.74 Å². The lowest BCUT2D eigenvalue weighted by Crippen LogP contribution is -2.12. The SMILES string of the molecule is CCOC(=O)c1ccc(NC(=O)c2nnc(Cl)s2)cc1. The Morgan fingerprint density at radius 1 is 1.30 bits per heavy atom. The lowest BCUT2D eigenvalue weighted by Gasteiger charge is -2.04. The summed E-state index contributed by atoms with van der Waals surface area (Å²) < 4.78 is 5.07. The van der Waals surface area contributed by atoms with Crippen molar-refractivity contribution in [3.8, 4) is 0 Å². The Morgan fingerprint density at radius 3 is 2.55 bits per heavy atom. The molecule has 1 heterocycles. The van der Waals surface area contributed by atoms with Gasteiger partial charge in [-0.05, 0) is 42.8 Å². The summed E-state index contributed by atoms with van der Waals surface area (Å²) >= 11 is 6.59. The molecular weight excluding hydrogens is 302 g/mol. The number of ether oxygens (including phenoxy) is 1. The van der Waals surface area contributed by atoms with E-state index in [2.05, 4.69) is 15.5 Å². The van der Waals surface area contributed by atoms with Crippen LogP contribution in [-0.4, -0.2) is 28.7 Å². The molecule has 0 saturated heterocycles. The molecule has 0 atom stereocenters. The zero-order chi connectivity index (χ0) is 14.5. The number of esters is 1. The van der Waals surface area contributed by atoms with Crippen molar-refractivity contribution in [2.45, 2.75) is 6.92 Å². The first-order valence-electron chi connectivity index (χ1n) is 5.67. The summed E-state index contributed by atoms with van der Waals surface area (Å²) in [5, 5.41) is 9.98. The molecule has 1 amide bonds. The molecule has 2 aromatic rings. The van der Waals surface area contributed by atoms with E-state index in [0.717, 1.165) is 11.3 Å². The number of hydrogen-bond acceptors (Lipinski definition) is 6. The molecule has 0 radical (unpaired) electrons. The number of carbonyl (C=O) groups is 2. The van der Waals surface area contributed by atoms with Crippen LogP contribution in [0.4, 0.5) is 5.69 Å². The van der Waals surface area contributed by atoms with Gasteiger partial charge in [0, 0.05) is 5.69 Å². The highest BCUT2D eigenvalue weighted by Gasteiger charge is 2.12. The van der Waals surface area contributed by atoms with E-state index in [1.54, 1.807) is 31.2 Å². The molecule has 0 bridgehead atoms. The summed E-state index contributed by atoms with van der Waals surface area (Å²) in [5.41, 5.74) is 0.957. The minimum absolute atomic E-state index is 0.171. The van der Waals surface area contributed by atoms with Crippen molar-refractivity contribution in [3.63, 3.8) is 0 Å². The van der Waals surface area contributed by atoms with Crippen LogP contribution < -0.4 is 5.32 Å². The number of rotatable bonds is 4. The third-order valence-electron chi connectivity index (χ3n) is 2.25. The van der Waals surface area contributed by atoms with Crippen LogP contribution >= 0.6 is 22.9 Å². The van der Waals surface area contributed by atoms with Crippen molar-refractivity contribution in [2.75, 3.05) is 11.9 Å². The summed E-state index contributed by atoms with van der Waals surface area (Å²) in [6, 6.07) is 6.35. The van der Waals surface area contributed by atoms with Gasteiger partial charge in [0.05, 0.1) is 12.2 Å². The van der Waals surface area contributed by atoms with Gasteiger partial charge in [-0.2, -0.15) is 0 Å². The molecule has 20 heavy (non-hydrogen) atoms. The van der Waals surface area contributed by atoms with Gasteiger partial charge in [-0.3, -0.25) is 4.79 Å². The fourth-order valence-corrected chi connectivity index (χ4v) is 2.11. The number of amides is 1. The molecular formula is C12H10ClN3O3S. The van der Waals surface area contributed by atoms with Gasteiger partial charge in [0.2, 0.25) is 9.47 Å². The second-order valence-electron chi connectivity index (χ2n) is 3.61. The van der Waals surface area contributed by atoms with Crippen molar-refractivity contribution in [1.82, 2.24) is 10.2 Å². The highest BCUT2D eigenvalue weighted by Crippen LogP contribution is 2.17. The molecule has 0 spiro atoms. The first-order chi connectivity index (χ1) is 9.60. The zero-order valence-electron chi connectivity index (χ0n) is 10.4. The van der Waals surface area contributed by atoms with Crippen LogP contribution in [0, 0.1) is 0 Å². The monoisotopic (exact) mass is 311 g/mol. The van der Waals surface area contributed by atoms with E-state index in [9.17, 15) is 9.59 Å². The fourth-order valence-electron chi connectivity index (χ4n) is 1.39. The van der Waals surface area contributed by atoms with Crippen LogP contribution in [0.1, 0.15) is 27.1 Å². The summed E-state index contributed by atoms with van der Waals surface area (Å²) in [4.78, 5) is 23.3. The zero-order valence-corrected chi connectivity index (χ0v) is 12.0.